The van der Waals surface area contributed by atoms with Crippen molar-refractivity contribution in [2.45, 2.75) is 46.2 Å². The number of anilines is 1. The molecule has 1 saturated carbocycles. The largest absolute Gasteiger partial charge is 0.419 e. The molecule has 1 aromatic heterocycles. The predicted octanol–water partition coefficient (Wildman–Crippen LogP) is 5.25. The van der Waals surface area contributed by atoms with Crippen LogP contribution in [0.15, 0.2) is 53.4 Å². The van der Waals surface area contributed by atoms with Crippen LogP contribution in [0.25, 0.3) is 0 Å². The van der Waals surface area contributed by atoms with Crippen LogP contribution in [-0.4, -0.2) is 24.0 Å². The minimum atomic E-state index is -4.46. The van der Waals surface area contributed by atoms with Crippen LogP contribution in [0.3, 0.4) is 0 Å². The molecule has 4 aliphatic rings. The Morgan fingerprint density at radius 2 is 2.10 bits per heavy atom. The molecule has 1 fully saturated rings. The molecular weight excluding hydrogens is 403 g/mol. The highest BCUT2D eigenvalue weighted by molar-refractivity contribution is 5.95. The van der Waals surface area contributed by atoms with Gasteiger partial charge < -0.3 is 10.2 Å². The second kappa shape index (κ2) is 7.84. The van der Waals surface area contributed by atoms with E-state index in [1.807, 2.05) is 0 Å². The number of allylic oxidation sites excluding steroid dienone is 3. The first-order valence-corrected chi connectivity index (χ1v) is 10.8. The molecule has 2 bridgehead atoms. The van der Waals surface area contributed by atoms with Gasteiger partial charge in [-0.25, -0.2) is 4.98 Å². The number of aromatic nitrogens is 1. The molecule has 3 aliphatic carbocycles. The Labute approximate surface area is 180 Å². The number of hydrogen-bond donors (Lipinski definition) is 1. The third kappa shape index (κ3) is 4.14. The van der Waals surface area contributed by atoms with Crippen LogP contribution in [0, 0.1) is 17.3 Å². The van der Waals surface area contributed by atoms with Gasteiger partial charge in [0.05, 0.1) is 5.56 Å². The van der Waals surface area contributed by atoms with Gasteiger partial charge in [0.2, 0.25) is 0 Å². The van der Waals surface area contributed by atoms with Gasteiger partial charge in [-0.1, -0.05) is 44.9 Å². The molecule has 0 spiro atoms. The Morgan fingerprint density at radius 3 is 2.68 bits per heavy atom. The molecule has 2 unspecified atom stereocenters. The summed E-state index contributed by atoms with van der Waals surface area (Å²) in [6.07, 6.45) is 5.40. The van der Waals surface area contributed by atoms with E-state index in [0.29, 0.717) is 30.4 Å². The average molecular weight is 432 g/mol. The van der Waals surface area contributed by atoms with Crippen molar-refractivity contribution in [2.75, 3.05) is 18.0 Å². The van der Waals surface area contributed by atoms with E-state index in [9.17, 15) is 18.0 Å². The molecular formula is C24H28F3N3O. The van der Waals surface area contributed by atoms with Gasteiger partial charge in [0.15, 0.2) is 0 Å². The molecule has 1 aliphatic heterocycles. The zero-order valence-corrected chi connectivity index (χ0v) is 18.1. The molecule has 0 aromatic carbocycles. The fraction of sp³-hybridized carbons (Fsp3) is 0.500. The SMILES string of the molecule is CCC(C)(C)C1C2=CC(NC(=O)C3=CCN(c4ncccc4C(F)(F)F)CC3)=CC1C2. The lowest BCUT2D eigenvalue weighted by molar-refractivity contribution is -0.137. The zero-order valence-electron chi connectivity index (χ0n) is 18.1. The Balaban J connectivity index is 1.40. The molecule has 2 heterocycles. The Hall–Kier alpha value is -2.57. The summed E-state index contributed by atoms with van der Waals surface area (Å²) in [6.45, 7) is 7.33. The molecule has 7 heteroatoms. The summed E-state index contributed by atoms with van der Waals surface area (Å²) < 4.78 is 39.8. The highest BCUT2D eigenvalue weighted by Gasteiger charge is 2.45. The van der Waals surface area contributed by atoms with Crippen molar-refractivity contribution >= 4 is 11.7 Å². The highest BCUT2D eigenvalue weighted by atomic mass is 19.4. The van der Waals surface area contributed by atoms with E-state index in [4.69, 9.17) is 0 Å². The lowest BCUT2D eigenvalue weighted by Gasteiger charge is -2.50. The molecule has 0 saturated heterocycles. The zero-order chi connectivity index (χ0) is 22.4. The summed E-state index contributed by atoms with van der Waals surface area (Å²) in [5.41, 5.74) is 2.33. The van der Waals surface area contributed by atoms with Crippen LogP contribution in [-0.2, 0) is 11.0 Å². The van der Waals surface area contributed by atoms with Crippen LogP contribution in [0.2, 0.25) is 0 Å². The van der Waals surface area contributed by atoms with E-state index in [1.54, 1.807) is 11.0 Å². The van der Waals surface area contributed by atoms with Gasteiger partial charge in [-0.2, -0.15) is 13.2 Å². The molecule has 1 N–H and O–H groups in total. The summed E-state index contributed by atoms with van der Waals surface area (Å²) in [4.78, 5) is 18.2. The number of pyridine rings is 1. The fourth-order valence-electron chi connectivity index (χ4n) is 4.94. The van der Waals surface area contributed by atoms with Crippen LogP contribution in [0.4, 0.5) is 19.0 Å². The lowest BCUT2D eigenvalue weighted by Crippen LogP contribution is -2.42. The van der Waals surface area contributed by atoms with E-state index in [0.717, 1.165) is 24.6 Å². The molecule has 1 aromatic rings. The number of carbonyl (C=O) groups excluding carboxylic acids is 1. The van der Waals surface area contributed by atoms with Crippen molar-refractivity contribution in [1.82, 2.24) is 10.3 Å². The number of carbonyl (C=O) groups is 1. The number of nitrogens with zero attached hydrogens (tertiary/aromatic N) is 2. The van der Waals surface area contributed by atoms with Gasteiger partial charge in [0.1, 0.15) is 5.82 Å². The van der Waals surface area contributed by atoms with Gasteiger partial charge in [-0.3, -0.25) is 4.79 Å². The summed E-state index contributed by atoms with van der Waals surface area (Å²) in [7, 11) is 0. The maximum atomic E-state index is 13.3. The van der Waals surface area contributed by atoms with Gasteiger partial charge >= 0.3 is 6.18 Å². The predicted molar refractivity (Wildman–Crippen MR) is 114 cm³/mol. The summed E-state index contributed by atoms with van der Waals surface area (Å²) in [5, 5.41) is 2.99. The number of alkyl halides is 3. The first-order chi connectivity index (χ1) is 14.6. The summed E-state index contributed by atoms with van der Waals surface area (Å²) >= 11 is 0. The minimum Gasteiger partial charge on any atom is -0.352 e. The smallest absolute Gasteiger partial charge is 0.352 e. The minimum absolute atomic E-state index is 0.0879. The second-order valence-corrected chi connectivity index (χ2v) is 9.28. The topological polar surface area (TPSA) is 45.2 Å². The van der Waals surface area contributed by atoms with Crippen molar-refractivity contribution in [2.24, 2.45) is 17.3 Å². The van der Waals surface area contributed by atoms with E-state index >= 15 is 0 Å². The number of hydrogen-bond acceptors (Lipinski definition) is 3. The van der Waals surface area contributed by atoms with Crippen LogP contribution in [0.1, 0.15) is 45.6 Å². The Kier molecular flexibility index (Phi) is 5.48. The van der Waals surface area contributed by atoms with Crippen LogP contribution >= 0.6 is 0 Å². The third-order valence-corrected chi connectivity index (χ3v) is 6.94. The van der Waals surface area contributed by atoms with E-state index < -0.39 is 11.7 Å². The Morgan fingerprint density at radius 1 is 1.32 bits per heavy atom. The monoisotopic (exact) mass is 431 g/mol. The first kappa shape index (κ1) is 21.7. The number of halogens is 3. The molecule has 31 heavy (non-hydrogen) atoms. The average Bonchev–Trinajstić information content (AvgIpc) is 2.73. The van der Waals surface area contributed by atoms with Gasteiger partial charge in [-0.15, -0.1) is 0 Å². The second-order valence-electron chi connectivity index (χ2n) is 9.28. The van der Waals surface area contributed by atoms with E-state index in [2.05, 4.69) is 43.2 Å². The number of nitrogens with one attached hydrogen (secondary N) is 1. The molecule has 4 nitrogen and oxygen atoms in total. The van der Waals surface area contributed by atoms with Crippen LogP contribution in [0.5, 0.6) is 0 Å². The van der Waals surface area contributed by atoms with Gasteiger partial charge in [0, 0.05) is 30.6 Å². The van der Waals surface area contributed by atoms with Crippen molar-refractivity contribution in [3.05, 3.63) is 59.0 Å². The number of rotatable bonds is 5. The van der Waals surface area contributed by atoms with Crippen molar-refractivity contribution in [1.29, 1.82) is 0 Å². The van der Waals surface area contributed by atoms with Gasteiger partial charge in [-0.05, 0) is 48.3 Å². The number of amides is 1. The fourth-order valence-corrected chi connectivity index (χ4v) is 4.94. The maximum absolute atomic E-state index is 13.3. The molecule has 2 atom stereocenters. The molecule has 0 radical (unpaired) electrons. The van der Waals surface area contributed by atoms with Gasteiger partial charge in [0.25, 0.3) is 5.91 Å². The molecule has 5 rings (SSSR count). The normalized spacial score (nSPS) is 23.4. The quantitative estimate of drug-likeness (QED) is 0.693. The molecule has 1 amide bonds. The summed E-state index contributed by atoms with van der Waals surface area (Å²) in [5.74, 6) is 0.746. The first-order valence-electron chi connectivity index (χ1n) is 10.8. The van der Waals surface area contributed by atoms with E-state index in [1.165, 1.54) is 17.8 Å². The van der Waals surface area contributed by atoms with E-state index in [-0.39, 0.29) is 23.7 Å². The molecule has 166 valence electrons. The Bertz CT molecular complexity index is 975. The highest BCUT2D eigenvalue weighted by Crippen LogP contribution is 2.54. The third-order valence-electron chi connectivity index (χ3n) is 6.94. The van der Waals surface area contributed by atoms with Crippen molar-refractivity contribution in [3.8, 4) is 0 Å². The number of fused-ring (bicyclic) bond motifs is 1. The standard InChI is InChI=1S/C24H28F3N3O/c1-4-23(2,3)20-16-12-17(20)14-18(13-16)29-22(31)15-7-10-30(11-8-15)21-19(24(25,26)27)6-5-9-28-21/h5-7,9,13-14,16,20H,4,8,10-12H2,1-3H3,(H,29,31). The van der Waals surface area contributed by atoms with Crippen molar-refractivity contribution in [3.63, 3.8) is 0 Å². The lowest BCUT2D eigenvalue weighted by atomic mass is 9.55. The van der Waals surface area contributed by atoms with Crippen molar-refractivity contribution < 1.29 is 18.0 Å². The summed E-state index contributed by atoms with van der Waals surface area (Å²) in [6, 6.07) is 2.32. The maximum Gasteiger partial charge on any atom is 0.419 e. The van der Waals surface area contributed by atoms with Crippen LogP contribution < -0.4 is 10.2 Å².